The Bertz CT molecular complexity index is 525. The molecule has 0 saturated carbocycles. The Balaban J connectivity index is 1.96. The van der Waals surface area contributed by atoms with Crippen molar-refractivity contribution in [2.45, 2.75) is 38.7 Å². The van der Waals surface area contributed by atoms with Gasteiger partial charge in [-0.2, -0.15) is 0 Å². The van der Waals surface area contributed by atoms with Crippen LogP contribution in [-0.4, -0.2) is 12.7 Å². The van der Waals surface area contributed by atoms with E-state index in [4.69, 9.17) is 20.9 Å². The minimum Gasteiger partial charge on any atom is -0.534 e. The van der Waals surface area contributed by atoms with E-state index >= 15 is 0 Å². The maximum Gasteiger partial charge on any atom is 0.564 e. The summed E-state index contributed by atoms with van der Waals surface area (Å²) in [6.07, 6.45) is 3.45. The van der Waals surface area contributed by atoms with E-state index in [2.05, 4.69) is 18.7 Å². The van der Waals surface area contributed by atoms with E-state index in [0.29, 0.717) is 5.76 Å². The zero-order valence-corrected chi connectivity index (χ0v) is 11.5. The van der Waals surface area contributed by atoms with Gasteiger partial charge in [0.25, 0.3) is 0 Å². The van der Waals surface area contributed by atoms with Crippen molar-refractivity contribution in [3.63, 3.8) is 0 Å². The smallest absolute Gasteiger partial charge is 0.534 e. The zero-order valence-electron chi connectivity index (χ0n) is 10.8. The molecule has 1 fully saturated rings. The maximum atomic E-state index is 6.34. The molecule has 1 aromatic carbocycles. The lowest BCUT2D eigenvalue weighted by Gasteiger charge is -2.15. The highest BCUT2D eigenvalue weighted by molar-refractivity contribution is 6.66. The fourth-order valence-electron chi connectivity index (χ4n) is 2.55. The van der Waals surface area contributed by atoms with Gasteiger partial charge in [0.1, 0.15) is 5.60 Å². The third kappa shape index (κ3) is 1.86. The van der Waals surface area contributed by atoms with Gasteiger partial charge in [-0.05, 0) is 50.3 Å². The van der Waals surface area contributed by atoms with Crippen LogP contribution in [0, 0.1) is 0 Å². The van der Waals surface area contributed by atoms with Gasteiger partial charge in [0, 0.05) is 10.5 Å². The van der Waals surface area contributed by atoms with Crippen molar-refractivity contribution in [1.82, 2.24) is 0 Å². The van der Waals surface area contributed by atoms with Gasteiger partial charge < -0.3 is 9.31 Å². The minimum absolute atomic E-state index is 0.425. The van der Waals surface area contributed by atoms with E-state index in [-0.39, 0.29) is 0 Å². The van der Waals surface area contributed by atoms with E-state index in [9.17, 15) is 0 Å². The van der Waals surface area contributed by atoms with E-state index in [1.165, 1.54) is 17.5 Å². The summed E-state index contributed by atoms with van der Waals surface area (Å²) >= 11 is 6.34. The molecule has 2 aliphatic rings. The molecule has 1 aliphatic heterocycles. The highest BCUT2D eigenvalue weighted by Gasteiger charge is 2.44. The van der Waals surface area contributed by atoms with Crippen LogP contribution >= 0.6 is 11.6 Å². The fraction of sp³-hybridized carbons (Fsp3) is 0.429. The first-order chi connectivity index (χ1) is 8.47. The summed E-state index contributed by atoms with van der Waals surface area (Å²) in [6.45, 7) is 7.80. The predicted octanol–water partition coefficient (Wildman–Crippen LogP) is 2.86. The number of hydrogen-bond acceptors (Lipinski definition) is 2. The second kappa shape index (κ2) is 4.04. The standard InChI is InChI=1S/C14H16BClO2/c1-9-14(2,3)18-15(17-9)12-7-10-5-4-6-11(10)8-13(12)16/h7-8H,1,4-6H2,2-3H3. The van der Waals surface area contributed by atoms with Gasteiger partial charge >= 0.3 is 7.12 Å². The first kappa shape index (κ1) is 12.1. The van der Waals surface area contributed by atoms with Gasteiger partial charge in [-0.15, -0.1) is 0 Å². The second-order valence-corrected chi connectivity index (χ2v) is 5.90. The van der Waals surface area contributed by atoms with Crippen LogP contribution in [-0.2, 0) is 22.2 Å². The molecule has 0 N–H and O–H groups in total. The van der Waals surface area contributed by atoms with Crippen molar-refractivity contribution in [2.24, 2.45) is 0 Å². The van der Waals surface area contributed by atoms with Crippen LogP contribution in [0.2, 0.25) is 5.02 Å². The number of benzene rings is 1. The molecule has 1 aromatic rings. The molecule has 0 unspecified atom stereocenters. The molecule has 0 amide bonds. The quantitative estimate of drug-likeness (QED) is 0.725. The molecule has 0 aromatic heterocycles. The SMILES string of the molecule is C=C1OB(c2cc3c(cc2Cl)CCC3)OC1(C)C. The van der Waals surface area contributed by atoms with E-state index in [1.807, 2.05) is 13.8 Å². The molecule has 18 heavy (non-hydrogen) atoms. The normalized spacial score (nSPS) is 21.1. The van der Waals surface area contributed by atoms with Gasteiger partial charge in [0.05, 0.1) is 5.76 Å². The van der Waals surface area contributed by atoms with Crippen LogP contribution < -0.4 is 5.46 Å². The van der Waals surface area contributed by atoms with E-state index < -0.39 is 12.7 Å². The van der Waals surface area contributed by atoms with Gasteiger partial charge in [-0.1, -0.05) is 24.2 Å². The Hall–Kier alpha value is -0.925. The van der Waals surface area contributed by atoms with E-state index in [1.54, 1.807) is 0 Å². The average Bonchev–Trinajstić information content (AvgIpc) is 2.82. The van der Waals surface area contributed by atoms with Crippen LogP contribution in [0.4, 0.5) is 0 Å². The third-order valence-electron chi connectivity index (χ3n) is 3.79. The van der Waals surface area contributed by atoms with Crippen LogP contribution in [0.3, 0.4) is 0 Å². The fourth-order valence-corrected chi connectivity index (χ4v) is 2.82. The molecule has 0 spiro atoms. The number of fused-ring (bicyclic) bond motifs is 1. The lowest BCUT2D eigenvalue weighted by Crippen LogP contribution is -2.35. The molecular weight excluding hydrogens is 246 g/mol. The number of aryl methyl sites for hydroxylation is 2. The first-order valence-corrected chi connectivity index (χ1v) is 6.70. The highest BCUT2D eigenvalue weighted by Crippen LogP contribution is 2.31. The van der Waals surface area contributed by atoms with Crippen LogP contribution in [0.5, 0.6) is 0 Å². The Morgan fingerprint density at radius 3 is 2.56 bits per heavy atom. The van der Waals surface area contributed by atoms with Crippen molar-refractivity contribution in [2.75, 3.05) is 0 Å². The largest absolute Gasteiger partial charge is 0.564 e. The van der Waals surface area contributed by atoms with Crippen molar-refractivity contribution in [3.05, 3.63) is 40.6 Å². The molecule has 94 valence electrons. The molecule has 0 radical (unpaired) electrons. The molecule has 0 atom stereocenters. The summed E-state index contributed by atoms with van der Waals surface area (Å²) in [7, 11) is -0.425. The Kier molecular flexibility index (Phi) is 2.72. The molecule has 3 rings (SSSR count). The number of rotatable bonds is 1. The van der Waals surface area contributed by atoms with Crippen LogP contribution in [0.25, 0.3) is 0 Å². The number of hydrogen-bond donors (Lipinski definition) is 0. The van der Waals surface area contributed by atoms with Gasteiger partial charge in [-0.3, -0.25) is 0 Å². The van der Waals surface area contributed by atoms with Crippen molar-refractivity contribution >= 4 is 24.2 Å². The highest BCUT2D eigenvalue weighted by atomic mass is 35.5. The maximum absolute atomic E-state index is 6.34. The molecule has 1 saturated heterocycles. The van der Waals surface area contributed by atoms with E-state index in [0.717, 1.165) is 23.3 Å². The van der Waals surface area contributed by atoms with Gasteiger partial charge in [0.2, 0.25) is 0 Å². The summed E-state index contributed by atoms with van der Waals surface area (Å²) in [6, 6.07) is 4.18. The minimum atomic E-state index is -0.451. The van der Waals surface area contributed by atoms with Crippen molar-refractivity contribution < 1.29 is 9.31 Å². The van der Waals surface area contributed by atoms with Crippen LogP contribution in [0.1, 0.15) is 31.4 Å². The number of halogens is 1. The van der Waals surface area contributed by atoms with Gasteiger partial charge in [0.15, 0.2) is 0 Å². The first-order valence-electron chi connectivity index (χ1n) is 6.32. The monoisotopic (exact) mass is 262 g/mol. The summed E-state index contributed by atoms with van der Waals surface area (Å²) in [5, 5.41) is 0.728. The lowest BCUT2D eigenvalue weighted by molar-refractivity contribution is 0.173. The Morgan fingerprint density at radius 1 is 1.28 bits per heavy atom. The molecule has 2 nitrogen and oxygen atoms in total. The third-order valence-corrected chi connectivity index (χ3v) is 4.11. The lowest BCUT2D eigenvalue weighted by atomic mass is 9.78. The predicted molar refractivity (Wildman–Crippen MR) is 74.3 cm³/mol. The zero-order chi connectivity index (χ0) is 12.9. The average molecular weight is 263 g/mol. The van der Waals surface area contributed by atoms with Crippen molar-refractivity contribution in [1.29, 1.82) is 0 Å². The summed E-state index contributed by atoms with van der Waals surface area (Å²) in [4.78, 5) is 0. The molecule has 1 aliphatic carbocycles. The summed E-state index contributed by atoms with van der Waals surface area (Å²) < 4.78 is 11.6. The molecule has 1 heterocycles. The van der Waals surface area contributed by atoms with Gasteiger partial charge in [-0.25, -0.2) is 0 Å². The summed E-state index contributed by atoms with van der Waals surface area (Å²) in [5.41, 5.74) is 3.20. The topological polar surface area (TPSA) is 18.5 Å². The molecular formula is C14H16BClO2. The van der Waals surface area contributed by atoms with Crippen molar-refractivity contribution in [3.8, 4) is 0 Å². The van der Waals surface area contributed by atoms with Crippen LogP contribution in [0.15, 0.2) is 24.5 Å². The molecule has 4 heteroatoms. The summed E-state index contributed by atoms with van der Waals surface area (Å²) in [5.74, 6) is 0.657. The molecule has 0 bridgehead atoms. The second-order valence-electron chi connectivity index (χ2n) is 5.50. The Morgan fingerprint density at radius 2 is 1.94 bits per heavy atom. The Labute approximate surface area is 113 Å².